The quantitative estimate of drug-likeness (QED) is 0.848. The summed E-state index contributed by atoms with van der Waals surface area (Å²) in [5.74, 6) is 0.688. The number of nitrogens with two attached hydrogens (primary N) is 1. The van der Waals surface area contributed by atoms with Crippen molar-refractivity contribution in [1.82, 2.24) is 4.90 Å². The van der Waals surface area contributed by atoms with Crippen LogP contribution >= 0.6 is 0 Å². The van der Waals surface area contributed by atoms with Gasteiger partial charge in [0.1, 0.15) is 5.75 Å². The molecule has 0 radical (unpaired) electrons. The van der Waals surface area contributed by atoms with Crippen molar-refractivity contribution in [3.8, 4) is 5.75 Å². The van der Waals surface area contributed by atoms with Gasteiger partial charge in [0.2, 0.25) is 0 Å². The number of nitrogens with zero attached hydrogens (tertiary/aromatic N) is 1. The molecule has 0 bridgehead atoms. The molecule has 0 saturated carbocycles. The Bertz CT molecular complexity index is 654. The second-order valence-corrected chi connectivity index (χ2v) is 4.86. The molecule has 0 atom stereocenters. The highest BCUT2D eigenvalue weighted by molar-refractivity contribution is 5.96. The van der Waals surface area contributed by atoms with Gasteiger partial charge in [0.05, 0.1) is 18.5 Å². The summed E-state index contributed by atoms with van der Waals surface area (Å²) in [6.07, 6.45) is 0. The van der Waals surface area contributed by atoms with Crippen molar-refractivity contribution >= 4 is 23.0 Å². The van der Waals surface area contributed by atoms with Crippen LogP contribution in [0.5, 0.6) is 5.75 Å². The van der Waals surface area contributed by atoms with Gasteiger partial charge >= 0.3 is 0 Å². The van der Waals surface area contributed by atoms with Crippen LogP contribution in [-0.2, 0) is 0 Å². The summed E-state index contributed by atoms with van der Waals surface area (Å²) in [4.78, 5) is 13.4. The van der Waals surface area contributed by atoms with E-state index in [1.165, 1.54) is 4.90 Å². The number of nitrogen functional groups attached to an aromatic ring is 1. The van der Waals surface area contributed by atoms with Crippen molar-refractivity contribution in [3.05, 3.63) is 48.0 Å². The van der Waals surface area contributed by atoms with Gasteiger partial charge in [-0.2, -0.15) is 0 Å². The molecular weight excluding hydrogens is 266 g/mol. The molecule has 2 rings (SSSR count). The van der Waals surface area contributed by atoms with E-state index in [1.807, 2.05) is 24.3 Å². The van der Waals surface area contributed by atoms with E-state index in [1.54, 1.807) is 39.4 Å². The summed E-state index contributed by atoms with van der Waals surface area (Å²) in [5.41, 5.74) is 8.71. The van der Waals surface area contributed by atoms with Crippen molar-refractivity contribution < 1.29 is 9.53 Å². The summed E-state index contributed by atoms with van der Waals surface area (Å²) in [5, 5.41) is 3.21. The first-order chi connectivity index (χ1) is 10.0. The van der Waals surface area contributed by atoms with Gasteiger partial charge in [-0.1, -0.05) is 6.07 Å². The average Bonchev–Trinajstić information content (AvgIpc) is 2.48. The van der Waals surface area contributed by atoms with E-state index in [0.717, 1.165) is 17.1 Å². The van der Waals surface area contributed by atoms with Crippen LogP contribution in [0.25, 0.3) is 0 Å². The van der Waals surface area contributed by atoms with Gasteiger partial charge in [-0.3, -0.25) is 4.79 Å². The Morgan fingerprint density at radius 2 is 1.95 bits per heavy atom. The molecule has 0 aliphatic heterocycles. The first kappa shape index (κ1) is 14.7. The SMILES string of the molecule is COc1cccc(Nc2ccc(C(=O)N(C)C)cc2N)c1. The van der Waals surface area contributed by atoms with Crippen LogP contribution in [0.3, 0.4) is 0 Å². The van der Waals surface area contributed by atoms with Crippen LogP contribution in [0, 0.1) is 0 Å². The van der Waals surface area contributed by atoms with E-state index < -0.39 is 0 Å². The lowest BCUT2D eigenvalue weighted by Crippen LogP contribution is -2.21. The van der Waals surface area contributed by atoms with Crippen LogP contribution in [-0.4, -0.2) is 32.0 Å². The Labute approximate surface area is 124 Å². The monoisotopic (exact) mass is 285 g/mol. The van der Waals surface area contributed by atoms with Gasteiger partial charge in [-0.05, 0) is 30.3 Å². The minimum atomic E-state index is -0.0744. The van der Waals surface area contributed by atoms with E-state index in [2.05, 4.69) is 5.32 Å². The van der Waals surface area contributed by atoms with Gasteiger partial charge in [0, 0.05) is 31.4 Å². The number of hydrogen-bond acceptors (Lipinski definition) is 4. The molecule has 0 aliphatic rings. The molecule has 0 aliphatic carbocycles. The van der Waals surface area contributed by atoms with Crippen LogP contribution in [0.15, 0.2) is 42.5 Å². The molecule has 5 heteroatoms. The topological polar surface area (TPSA) is 67.6 Å². The van der Waals surface area contributed by atoms with Crippen molar-refractivity contribution in [2.45, 2.75) is 0 Å². The molecule has 3 N–H and O–H groups in total. The number of methoxy groups -OCH3 is 1. The second kappa shape index (κ2) is 6.17. The maximum atomic E-state index is 11.9. The highest BCUT2D eigenvalue weighted by Gasteiger charge is 2.10. The molecule has 0 aromatic heterocycles. The first-order valence-electron chi connectivity index (χ1n) is 6.53. The van der Waals surface area contributed by atoms with Gasteiger partial charge in [0.15, 0.2) is 0 Å². The molecule has 110 valence electrons. The highest BCUT2D eigenvalue weighted by Crippen LogP contribution is 2.26. The fraction of sp³-hybridized carbons (Fsp3) is 0.188. The molecular formula is C16H19N3O2. The van der Waals surface area contributed by atoms with E-state index in [0.29, 0.717) is 11.3 Å². The number of hydrogen-bond donors (Lipinski definition) is 2. The van der Waals surface area contributed by atoms with Crippen molar-refractivity contribution in [2.75, 3.05) is 32.3 Å². The van der Waals surface area contributed by atoms with E-state index >= 15 is 0 Å². The number of amides is 1. The number of nitrogens with one attached hydrogen (secondary N) is 1. The van der Waals surface area contributed by atoms with Crippen LogP contribution in [0.2, 0.25) is 0 Å². The smallest absolute Gasteiger partial charge is 0.253 e. The largest absolute Gasteiger partial charge is 0.497 e. The number of carbonyl (C=O) groups is 1. The third-order valence-corrected chi connectivity index (χ3v) is 3.05. The number of carbonyl (C=O) groups excluding carboxylic acids is 1. The number of benzene rings is 2. The highest BCUT2D eigenvalue weighted by atomic mass is 16.5. The maximum Gasteiger partial charge on any atom is 0.253 e. The normalized spacial score (nSPS) is 10.0. The van der Waals surface area contributed by atoms with Crippen LogP contribution in [0.1, 0.15) is 10.4 Å². The minimum absolute atomic E-state index is 0.0744. The van der Waals surface area contributed by atoms with Crippen molar-refractivity contribution in [1.29, 1.82) is 0 Å². The number of anilines is 3. The molecule has 0 saturated heterocycles. The van der Waals surface area contributed by atoms with Gasteiger partial charge in [-0.25, -0.2) is 0 Å². The summed E-state index contributed by atoms with van der Waals surface area (Å²) in [6.45, 7) is 0. The molecule has 2 aromatic carbocycles. The van der Waals surface area contributed by atoms with Gasteiger partial charge < -0.3 is 20.7 Å². The Morgan fingerprint density at radius 3 is 2.57 bits per heavy atom. The Hall–Kier alpha value is -2.69. The summed E-state index contributed by atoms with van der Waals surface area (Å²) >= 11 is 0. The summed E-state index contributed by atoms with van der Waals surface area (Å²) in [6, 6.07) is 12.8. The van der Waals surface area contributed by atoms with Crippen LogP contribution in [0.4, 0.5) is 17.1 Å². The molecule has 0 unspecified atom stereocenters. The summed E-state index contributed by atoms with van der Waals surface area (Å²) in [7, 11) is 5.04. The van der Waals surface area contributed by atoms with E-state index in [-0.39, 0.29) is 5.91 Å². The Morgan fingerprint density at radius 1 is 1.19 bits per heavy atom. The Kier molecular flexibility index (Phi) is 4.33. The predicted octanol–water partition coefficient (Wildman–Crippen LogP) is 2.72. The molecule has 0 spiro atoms. The first-order valence-corrected chi connectivity index (χ1v) is 6.53. The third kappa shape index (κ3) is 3.45. The zero-order chi connectivity index (χ0) is 15.4. The Balaban J connectivity index is 2.23. The molecule has 1 amide bonds. The zero-order valence-corrected chi connectivity index (χ0v) is 12.4. The molecule has 0 fully saturated rings. The lowest BCUT2D eigenvalue weighted by molar-refractivity contribution is 0.0827. The lowest BCUT2D eigenvalue weighted by atomic mass is 10.1. The molecule has 5 nitrogen and oxygen atoms in total. The van der Waals surface area contributed by atoms with Crippen molar-refractivity contribution in [3.63, 3.8) is 0 Å². The molecule has 21 heavy (non-hydrogen) atoms. The average molecular weight is 285 g/mol. The minimum Gasteiger partial charge on any atom is -0.497 e. The number of rotatable bonds is 4. The lowest BCUT2D eigenvalue weighted by Gasteiger charge is -2.14. The zero-order valence-electron chi connectivity index (χ0n) is 12.4. The van der Waals surface area contributed by atoms with E-state index in [4.69, 9.17) is 10.5 Å². The van der Waals surface area contributed by atoms with Crippen LogP contribution < -0.4 is 15.8 Å². The standard InChI is InChI=1S/C16H19N3O2/c1-19(2)16(20)11-7-8-15(14(17)9-11)18-12-5-4-6-13(10-12)21-3/h4-10,18H,17H2,1-3H3. The molecule has 2 aromatic rings. The van der Waals surface area contributed by atoms with Gasteiger partial charge in [0.25, 0.3) is 5.91 Å². The third-order valence-electron chi connectivity index (χ3n) is 3.05. The fourth-order valence-corrected chi connectivity index (χ4v) is 1.92. The second-order valence-electron chi connectivity index (χ2n) is 4.86. The number of ether oxygens (including phenoxy) is 1. The maximum absolute atomic E-state index is 11.9. The predicted molar refractivity (Wildman–Crippen MR) is 85.1 cm³/mol. The fourth-order valence-electron chi connectivity index (χ4n) is 1.92. The van der Waals surface area contributed by atoms with Gasteiger partial charge in [-0.15, -0.1) is 0 Å². The summed E-state index contributed by atoms with van der Waals surface area (Å²) < 4.78 is 5.18. The van der Waals surface area contributed by atoms with E-state index in [9.17, 15) is 4.79 Å². The van der Waals surface area contributed by atoms with Crippen molar-refractivity contribution in [2.24, 2.45) is 0 Å². The molecule has 0 heterocycles.